The third kappa shape index (κ3) is 4.78. The largest absolute Gasteiger partial charge is 0.507 e. The molecule has 0 heterocycles. The van der Waals surface area contributed by atoms with Gasteiger partial charge in [-0.1, -0.05) is 45.2 Å². The Balaban J connectivity index is 2.84. The second-order valence-corrected chi connectivity index (χ2v) is 5.27. The number of rotatable bonds is 8. The van der Waals surface area contributed by atoms with Crippen molar-refractivity contribution in [3.8, 4) is 5.75 Å². The molecule has 0 atom stereocenters. The smallest absolute Gasteiger partial charge is 0.162 e. The minimum absolute atomic E-state index is 0.449. The van der Waals surface area contributed by atoms with Gasteiger partial charge in [-0.05, 0) is 30.4 Å². The molecule has 0 aromatic heterocycles. The number of aryl methyl sites for hydroxylation is 1. The van der Waals surface area contributed by atoms with Crippen molar-refractivity contribution in [1.82, 2.24) is 0 Å². The molecule has 0 saturated carbocycles. The lowest BCUT2D eigenvalue weighted by atomic mass is 9.95. The van der Waals surface area contributed by atoms with Crippen LogP contribution >= 0.6 is 0 Å². The van der Waals surface area contributed by atoms with Crippen LogP contribution in [0, 0.1) is 0 Å². The summed E-state index contributed by atoms with van der Waals surface area (Å²) < 4.78 is 3.88. The fourth-order valence-electron chi connectivity index (χ4n) is 2.34. The fourth-order valence-corrected chi connectivity index (χ4v) is 2.48. The number of hydrogen-bond acceptors (Lipinski definition) is 3. The quantitative estimate of drug-likeness (QED) is 0.442. The highest BCUT2D eigenvalue weighted by Crippen LogP contribution is 2.29. The number of phenols is 1. The third-order valence-electron chi connectivity index (χ3n) is 3.51. The minimum Gasteiger partial charge on any atom is -0.507 e. The van der Waals surface area contributed by atoms with Crippen LogP contribution in [0.1, 0.15) is 56.2 Å². The predicted octanol–water partition coefficient (Wildman–Crippen LogP) is 3.31. The number of nitrogens with zero attached hydrogens (tertiary/aromatic N) is 2. The first-order valence-corrected chi connectivity index (χ1v) is 8.22. The van der Waals surface area contributed by atoms with Crippen molar-refractivity contribution in [3.05, 3.63) is 28.8 Å². The van der Waals surface area contributed by atoms with Gasteiger partial charge < -0.3 is 5.11 Å². The van der Waals surface area contributed by atoms with Crippen molar-refractivity contribution in [2.24, 2.45) is 9.89 Å². The van der Waals surface area contributed by atoms with Crippen molar-refractivity contribution in [2.45, 2.75) is 58.9 Å². The summed E-state index contributed by atoms with van der Waals surface area (Å²) in [5.41, 5.74) is 3.29. The lowest BCUT2D eigenvalue weighted by Crippen LogP contribution is -1.97. The first kappa shape index (κ1) is 15.9. The van der Waals surface area contributed by atoms with E-state index in [9.17, 15) is 5.11 Å². The summed E-state index contributed by atoms with van der Waals surface area (Å²) in [4.78, 5) is 0. The van der Waals surface area contributed by atoms with E-state index in [2.05, 4.69) is 29.8 Å². The average Bonchev–Trinajstić information content (AvgIpc) is 2.43. The molecule has 4 heteroatoms. The molecule has 1 aromatic rings. The van der Waals surface area contributed by atoms with E-state index in [1.165, 1.54) is 24.8 Å². The van der Waals surface area contributed by atoms with Gasteiger partial charge in [0.15, 0.2) is 10.4 Å². The third-order valence-corrected chi connectivity index (χ3v) is 3.79. The maximum atomic E-state index is 10.4. The Kier molecular flexibility index (Phi) is 7.41. The second kappa shape index (κ2) is 8.86. The Morgan fingerprint density at radius 2 is 1.84 bits per heavy atom. The van der Waals surface area contributed by atoms with Gasteiger partial charge in [0, 0.05) is 5.56 Å². The zero-order chi connectivity index (χ0) is 14.1. The summed E-state index contributed by atoms with van der Waals surface area (Å²) in [6.07, 6.45) is 6.85. The van der Waals surface area contributed by atoms with E-state index in [0.717, 1.165) is 40.8 Å². The number of aromatic hydroxyl groups is 1. The Bertz CT molecular complexity index is 419. The van der Waals surface area contributed by atoms with E-state index in [0.29, 0.717) is 12.3 Å². The Hall–Kier alpha value is -1.16. The SMILES string of the molecule is CCCCCCc1c(CC)ccc(C/N=N/[SiH3])c1O. The molecule has 1 N–H and O–H groups in total. The molecule has 0 aliphatic rings. The maximum Gasteiger partial charge on any atom is 0.162 e. The van der Waals surface area contributed by atoms with Crippen molar-refractivity contribution in [2.75, 3.05) is 0 Å². The summed E-state index contributed by atoms with van der Waals surface area (Å²) in [7, 11) is 0.724. The summed E-state index contributed by atoms with van der Waals surface area (Å²) >= 11 is 0. The average molecular weight is 278 g/mol. The van der Waals surface area contributed by atoms with Gasteiger partial charge in [0.1, 0.15) is 5.75 Å². The first-order chi connectivity index (χ1) is 9.24. The van der Waals surface area contributed by atoms with Crippen LogP contribution in [0.4, 0.5) is 0 Å². The zero-order valence-corrected chi connectivity index (χ0v) is 14.4. The molecule has 0 bridgehead atoms. The highest BCUT2D eigenvalue weighted by atomic mass is 28.2. The molecule has 106 valence electrons. The molecule has 0 amide bonds. The highest BCUT2D eigenvalue weighted by molar-refractivity contribution is 6.04. The van der Waals surface area contributed by atoms with E-state index < -0.39 is 0 Å². The molecule has 0 fully saturated rings. The molecule has 0 unspecified atom stereocenters. The van der Waals surface area contributed by atoms with Crippen LogP contribution in [0.3, 0.4) is 0 Å². The predicted molar refractivity (Wildman–Crippen MR) is 83.8 cm³/mol. The van der Waals surface area contributed by atoms with Gasteiger partial charge in [-0.3, -0.25) is 4.78 Å². The van der Waals surface area contributed by atoms with Crippen LogP contribution < -0.4 is 0 Å². The molecule has 19 heavy (non-hydrogen) atoms. The van der Waals surface area contributed by atoms with Gasteiger partial charge in [0.2, 0.25) is 0 Å². The monoisotopic (exact) mass is 278 g/mol. The summed E-state index contributed by atoms with van der Waals surface area (Å²) in [5.74, 6) is 0.449. The topological polar surface area (TPSA) is 45.0 Å². The van der Waals surface area contributed by atoms with Crippen molar-refractivity contribution >= 4 is 10.4 Å². The van der Waals surface area contributed by atoms with Gasteiger partial charge in [-0.15, -0.1) is 0 Å². The molecular weight excluding hydrogens is 252 g/mol. The summed E-state index contributed by atoms with van der Waals surface area (Å²) in [5, 5.41) is 14.4. The fraction of sp³-hybridized carbons (Fsp3) is 0.600. The zero-order valence-electron chi connectivity index (χ0n) is 12.4. The van der Waals surface area contributed by atoms with Crippen molar-refractivity contribution in [3.63, 3.8) is 0 Å². The van der Waals surface area contributed by atoms with Crippen molar-refractivity contribution < 1.29 is 5.11 Å². The van der Waals surface area contributed by atoms with Crippen LogP contribution in [-0.2, 0) is 19.4 Å². The summed E-state index contributed by atoms with van der Waals surface area (Å²) in [6.45, 7) is 4.86. The van der Waals surface area contributed by atoms with Crippen LogP contribution in [-0.4, -0.2) is 15.5 Å². The van der Waals surface area contributed by atoms with Crippen LogP contribution in [0.15, 0.2) is 22.0 Å². The van der Waals surface area contributed by atoms with E-state index in [1.807, 2.05) is 6.07 Å². The standard InChI is InChI=1S/C15H26N2OSi/c1-3-5-6-7-8-14-12(4-2)9-10-13(15(14)18)11-16-17-19/h9-10,18H,3-8,11H2,1-2,19H3/b17-16+. The minimum atomic E-state index is 0.449. The van der Waals surface area contributed by atoms with Crippen molar-refractivity contribution in [1.29, 1.82) is 0 Å². The second-order valence-electron chi connectivity index (χ2n) is 4.87. The number of unbranched alkanes of at least 4 members (excludes halogenated alkanes) is 3. The molecule has 0 saturated heterocycles. The normalized spacial score (nSPS) is 11.5. The highest BCUT2D eigenvalue weighted by Gasteiger charge is 2.11. The first-order valence-electron chi connectivity index (χ1n) is 7.32. The van der Waals surface area contributed by atoms with Crippen LogP contribution in [0.5, 0.6) is 5.75 Å². The maximum absolute atomic E-state index is 10.4. The van der Waals surface area contributed by atoms with Gasteiger partial charge >= 0.3 is 0 Å². The molecule has 0 aliphatic heterocycles. The molecular formula is C15H26N2OSi. The molecule has 1 aromatic carbocycles. The van der Waals surface area contributed by atoms with Gasteiger partial charge in [-0.25, -0.2) is 5.11 Å². The van der Waals surface area contributed by atoms with Gasteiger partial charge in [0.25, 0.3) is 0 Å². The number of phenolic OH excluding ortho intramolecular Hbond substituents is 1. The van der Waals surface area contributed by atoms with Crippen LogP contribution in [0.25, 0.3) is 0 Å². The number of hydrogen-bond donors (Lipinski definition) is 1. The van der Waals surface area contributed by atoms with E-state index >= 15 is 0 Å². The Morgan fingerprint density at radius 1 is 1.11 bits per heavy atom. The Labute approximate surface area is 119 Å². The lowest BCUT2D eigenvalue weighted by molar-refractivity contribution is 0.458. The molecule has 1 rings (SSSR count). The van der Waals surface area contributed by atoms with E-state index in [4.69, 9.17) is 0 Å². The molecule has 3 nitrogen and oxygen atoms in total. The van der Waals surface area contributed by atoms with E-state index in [-0.39, 0.29) is 0 Å². The lowest BCUT2D eigenvalue weighted by Gasteiger charge is -2.13. The Morgan fingerprint density at radius 3 is 2.47 bits per heavy atom. The van der Waals surface area contributed by atoms with Gasteiger partial charge in [-0.2, -0.15) is 0 Å². The van der Waals surface area contributed by atoms with E-state index in [1.54, 1.807) is 0 Å². The molecule has 0 aliphatic carbocycles. The number of benzene rings is 1. The van der Waals surface area contributed by atoms with Crippen LogP contribution in [0.2, 0.25) is 0 Å². The van der Waals surface area contributed by atoms with Gasteiger partial charge in [0.05, 0.1) is 6.54 Å². The summed E-state index contributed by atoms with van der Waals surface area (Å²) in [6, 6.07) is 4.12. The molecule has 0 radical (unpaired) electrons. The molecule has 0 spiro atoms.